The van der Waals surface area contributed by atoms with Crippen molar-refractivity contribution in [3.63, 3.8) is 0 Å². The summed E-state index contributed by atoms with van der Waals surface area (Å²) in [7, 11) is 1.72. The zero-order valence-electron chi connectivity index (χ0n) is 14.2. The molecule has 0 atom stereocenters. The number of imidazole rings is 1. The van der Waals surface area contributed by atoms with Crippen LogP contribution in [-0.4, -0.2) is 45.1 Å². The van der Waals surface area contributed by atoms with Crippen LogP contribution in [0.15, 0.2) is 41.7 Å². The van der Waals surface area contributed by atoms with Crippen molar-refractivity contribution in [3.05, 3.63) is 63.7 Å². The van der Waals surface area contributed by atoms with Gasteiger partial charge in [-0.1, -0.05) is 11.6 Å². The molecule has 11 heteroatoms. The predicted molar refractivity (Wildman–Crippen MR) is 95.5 cm³/mol. The van der Waals surface area contributed by atoms with Crippen molar-refractivity contribution in [2.24, 2.45) is 7.05 Å². The fourth-order valence-electron chi connectivity index (χ4n) is 2.60. The molecule has 0 amide bonds. The van der Waals surface area contributed by atoms with Gasteiger partial charge in [0, 0.05) is 17.6 Å². The minimum atomic E-state index is -0.256. The van der Waals surface area contributed by atoms with Gasteiger partial charge in [0.05, 0.1) is 12.9 Å². The number of aryl methyl sites for hydroxylation is 1. The van der Waals surface area contributed by atoms with Crippen LogP contribution in [0.5, 0.6) is 0 Å². The molecule has 4 rings (SSSR count). The maximum atomic E-state index is 12.5. The summed E-state index contributed by atoms with van der Waals surface area (Å²) < 4.78 is 2.97. The summed E-state index contributed by atoms with van der Waals surface area (Å²) in [5.74, 6) is 0.120. The second-order valence-corrected chi connectivity index (χ2v) is 6.31. The number of Topliss-reactive ketones (excluding diaryl/α,β-unsaturated/α-hetero) is 1. The highest BCUT2D eigenvalue weighted by atomic mass is 35.5. The lowest BCUT2D eigenvalue weighted by atomic mass is 10.1. The number of carbonyl (C=O) groups excluding carboxylic acids is 1. The van der Waals surface area contributed by atoms with Crippen molar-refractivity contribution in [2.75, 3.05) is 0 Å². The number of benzene rings is 1. The average Bonchev–Trinajstić information content (AvgIpc) is 3.25. The molecule has 0 saturated heterocycles. The third-order valence-corrected chi connectivity index (χ3v) is 4.21. The Labute approximate surface area is 157 Å². The van der Waals surface area contributed by atoms with Crippen molar-refractivity contribution < 1.29 is 4.79 Å². The molecule has 0 bridgehead atoms. The van der Waals surface area contributed by atoms with Crippen molar-refractivity contribution in [1.29, 1.82) is 0 Å². The molecule has 0 radical (unpaired) electrons. The topological polar surface area (TPSA) is 113 Å². The van der Waals surface area contributed by atoms with Gasteiger partial charge in [0.2, 0.25) is 0 Å². The number of halogens is 1. The van der Waals surface area contributed by atoms with Gasteiger partial charge in [0.25, 0.3) is 5.56 Å². The summed E-state index contributed by atoms with van der Waals surface area (Å²) in [6, 6.07) is 6.56. The number of nitrogens with zero attached hydrogens (tertiary/aromatic N) is 8. The SMILES string of the molecule is Cn1cnc2ncn(Cc3nnn(CC(=O)c4ccc(Cl)cc4)n3)c(=O)c21. The highest BCUT2D eigenvalue weighted by molar-refractivity contribution is 6.30. The predicted octanol–water partition coefficient (Wildman–Crippen LogP) is 0.701. The van der Waals surface area contributed by atoms with E-state index in [0.717, 1.165) is 0 Å². The Kier molecular flexibility index (Phi) is 4.24. The number of aromatic nitrogens is 8. The molecule has 3 aromatic heterocycles. The summed E-state index contributed by atoms with van der Waals surface area (Å²) in [5, 5.41) is 12.5. The molecular weight excluding hydrogens is 372 g/mol. The average molecular weight is 385 g/mol. The maximum absolute atomic E-state index is 12.5. The normalized spacial score (nSPS) is 11.2. The Hall–Kier alpha value is -3.40. The van der Waals surface area contributed by atoms with Crippen LogP contribution in [0.3, 0.4) is 0 Å². The molecule has 136 valence electrons. The van der Waals surface area contributed by atoms with E-state index in [9.17, 15) is 9.59 Å². The first-order valence-electron chi connectivity index (χ1n) is 7.93. The van der Waals surface area contributed by atoms with E-state index in [1.54, 1.807) is 35.9 Å². The molecule has 0 aliphatic heterocycles. The molecule has 0 fully saturated rings. The van der Waals surface area contributed by atoms with Crippen LogP contribution in [0.25, 0.3) is 11.2 Å². The minimum absolute atomic E-state index is 0.0669. The van der Waals surface area contributed by atoms with Crippen LogP contribution < -0.4 is 5.56 Å². The quantitative estimate of drug-likeness (QED) is 0.465. The second-order valence-electron chi connectivity index (χ2n) is 5.87. The molecule has 1 aromatic carbocycles. The first-order valence-corrected chi connectivity index (χ1v) is 8.31. The minimum Gasteiger partial charge on any atom is -0.328 e. The van der Waals surface area contributed by atoms with Crippen molar-refractivity contribution >= 4 is 28.5 Å². The molecule has 10 nitrogen and oxygen atoms in total. The standard InChI is InChI=1S/C16H13ClN8O2/c1-23-8-18-15-14(23)16(27)24(9-19-15)7-13-20-22-25(21-13)6-12(26)10-2-4-11(17)5-3-10/h2-5,8-9H,6-7H2,1H3. The molecule has 0 aliphatic carbocycles. The molecule has 27 heavy (non-hydrogen) atoms. The summed E-state index contributed by atoms with van der Waals surface area (Å²) in [4.78, 5) is 34.2. The van der Waals surface area contributed by atoms with Gasteiger partial charge in [-0.25, -0.2) is 9.97 Å². The smallest absolute Gasteiger partial charge is 0.280 e. The highest BCUT2D eigenvalue weighted by Crippen LogP contribution is 2.10. The van der Waals surface area contributed by atoms with Gasteiger partial charge in [-0.15, -0.1) is 10.2 Å². The summed E-state index contributed by atoms with van der Waals surface area (Å²) >= 11 is 5.82. The lowest BCUT2D eigenvalue weighted by molar-refractivity contribution is 0.0961. The molecule has 3 heterocycles. The molecule has 0 unspecified atom stereocenters. The van der Waals surface area contributed by atoms with Crippen LogP contribution in [0.4, 0.5) is 0 Å². The Morgan fingerprint density at radius 1 is 1.15 bits per heavy atom. The van der Waals surface area contributed by atoms with Gasteiger partial charge in [-0.05, 0) is 29.5 Å². The zero-order chi connectivity index (χ0) is 19.0. The molecular formula is C16H13ClN8O2. The second kappa shape index (κ2) is 6.72. The summed E-state index contributed by atoms with van der Waals surface area (Å²) in [5.41, 5.74) is 1.01. The van der Waals surface area contributed by atoms with E-state index < -0.39 is 0 Å². The van der Waals surface area contributed by atoms with Crippen LogP contribution in [0.1, 0.15) is 16.2 Å². The summed E-state index contributed by atoms with van der Waals surface area (Å²) in [6.45, 7) is 0.0185. The molecule has 0 spiro atoms. The number of tetrazole rings is 1. The number of carbonyl (C=O) groups is 1. The van der Waals surface area contributed by atoms with Gasteiger partial charge in [-0.2, -0.15) is 4.80 Å². The van der Waals surface area contributed by atoms with Gasteiger partial charge in [-0.3, -0.25) is 14.2 Å². The van der Waals surface area contributed by atoms with E-state index in [1.807, 2.05) is 0 Å². The van der Waals surface area contributed by atoms with E-state index in [1.165, 1.54) is 22.0 Å². The van der Waals surface area contributed by atoms with Crippen molar-refractivity contribution in [3.8, 4) is 0 Å². The molecule has 4 aromatic rings. The lowest BCUT2D eigenvalue weighted by Gasteiger charge is -2.02. The molecule has 0 aliphatic rings. The Morgan fingerprint density at radius 2 is 1.89 bits per heavy atom. The highest BCUT2D eigenvalue weighted by Gasteiger charge is 2.13. The van der Waals surface area contributed by atoms with Crippen LogP contribution in [0, 0.1) is 0 Å². The third-order valence-electron chi connectivity index (χ3n) is 3.96. The van der Waals surface area contributed by atoms with Gasteiger partial charge in [0.1, 0.15) is 12.9 Å². The number of ketones is 1. The third kappa shape index (κ3) is 3.34. The van der Waals surface area contributed by atoms with Crippen LogP contribution in [-0.2, 0) is 20.1 Å². The van der Waals surface area contributed by atoms with Crippen LogP contribution in [0.2, 0.25) is 5.02 Å². The number of rotatable bonds is 5. The van der Waals surface area contributed by atoms with Gasteiger partial charge >= 0.3 is 0 Å². The number of hydrogen-bond donors (Lipinski definition) is 0. The van der Waals surface area contributed by atoms with E-state index in [4.69, 9.17) is 11.6 Å². The molecule has 0 saturated carbocycles. The number of fused-ring (bicyclic) bond motifs is 1. The monoisotopic (exact) mass is 384 g/mol. The lowest BCUT2D eigenvalue weighted by Crippen LogP contribution is -2.23. The van der Waals surface area contributed by atoms with E-state index in [0.29, 0.717) is 27.6 Å². The Balaban J connectivity index is 1.52. The van der Waals surface area contributed by atoms with Crippen molar-refractivity contribution in [2.45, 2.75) is 13.1 Å². The van der Waals surface area contributed by atoms with E-state index in [-0.39, 0.29) is 24.4 Å². The Morgan fingerprint density at radius 3 is 2.67 bits per heavy atom. The van der Waals surface area contributed by atoms with Crippen molar-refractivity contribution in [1.82, 2.24) is 39.3 Å². The first-order chi connectivity index (χ1) is 13.0. The summed E-state index contributed by atoms with van der Waals surface area (Å²) in [6.07, 6.45) is 2.91. The van der Waals surface area contributed by atoms with Gasteiger partial charge in [0.15, 0.2) is 22.8 Å². The fraction of sp³-hybridized carbons (Fsp3) is 0.188. The number of hydrogen-bond acceptors (Lipinski definition) is 7. The van der Waals surface area contributed by atoms with E-state index in [2.05, 4.69) is 25.4 Å². The Bertz CT molecular complexity index is 1190. The zero-order valence-corrected chi connectivity index (χ0v) is 14.9. The van der Waals surface area contributed by atoms with E-state index >= 15 is 0 Å². The largest absolute Gasteiger partial charge is 0.328 e. The van der Waals surface area contributed by atoms with Gasteiger partial charge < -0.3 is 4.57 Å². The maximum Gasteiger partial charge on any atom is 0.280 e. The fourth-order valence-corrected chi connectivity index (χ4v) is 2.72. The molecule has 0 N–H and O–H groups in total. The van der Waals surface area contributed by atoms with Crippen LogP contribution >= 0.6 is 11.6 Å². The first kappa shape index (κ1) is 17.0.